The van der Waals surface area contributed by atoms with E-state index in [0.717, 1.165) is 107 Å². The Bertz CT molecular complexity index is 3710. The molecule has 1 fully saturated rings. The monoisotopic (exact) mass is 1360 g/mol. The van der Waals surface area contributed by atoms with Crippen molar-refractivity contribution in [1.82, 2.24) is 113 Å². The molecular formula is C63H102N36. The summed E-state index contributed by atoms with van der Waals surface area (Å²) in [5.41, 5.74) is 17.9. The Morgan fingerprint density at radius 2 is 0.657 bits per heavy atom. The second-order valence-corrected chi connectivity index (χ2v) is 23.4. The highest BCUT2D eigenvalue weighted by Crippen LogP contribution is 2.09. The lowest BCUT2D eigenvalue weighted by Gasteiger charge is -2.29. The van der Waals surface area contributed by atoms with Crippen LogP contribution in [0.5, 0.6) is 0 Å². The number of nitrogens with one attached hydrogen (secondary N) is 17. The van der Waals surface area contributed by atoms with Crippen molar-refractivity contribution < 1.29 is 0 Å². The van der Waals surface area contributed by atoms with Crippen LogP contribution < -0.4 is 70.0 Å². The van der Waals surface area contributed by atoms with Crippen molar-refractivity contribution in [2.75, 3.05) is 63.4 Å². The molecule has 0 bridgehead atoms. The first-order chi connectivity index (χ1) is 47.6. The van der Waals surface area contributed by atoms with Gasteiger partial charge in [-0.2, -0.15) is 0 Å². The third-order valence-electron chi connectivity index (χ3n) is 14.2. The Morgan fingerprint density at radius 1 is 0.343 bits per heavy atom. The molecule has 12 heterocycles. The first kappa shape index (κ1) is 74.5. The van der Waals surface area contributed by atoms with Crippen LogP contribution in [-0.2, 0) is 39.3 Å². The Balaban J connectivity index is 0.000000167. The molecule has 12 rings (SSSR count). The SMILES string of the molecule is CC1N=C(N(C)C)NC(=NCc2ccc[nH]2)N1.CC1N=C(N(C)C)NC(N(C)Cc2ccc[nH]2)=N1.CC1N=C(N)NC(=NCc2ccc[nH]2)N1.CC1N=C(N)NC(N(C)Cc2ccc[nH]2)=N1.CN=C1NC(=NCc2ccc[nH]2)NC(C)N1.CN=C1NC(N(C)Cc2ccc[nH]2)=NC(C)N1. The van der Waals surface area contributed by atoms with E-state index in [1.54, 1.807) is 14.1 Å². The van der Waals surface area contributed by atoms with Crippen LogP contribution in [0.15, 0.2) is 170 Å². The summed E-state index contributed by atoms with van der Waals surface area (Å²) >= 11 is 0. The molecular weight excluding hydrogens is 1260 g/mol. The van der Waals surface area contributed by atoms with Gasteiger partial charge in [-0.25, -0.2) is 49.9 Å². The zero-order valence-corrected chi connectivity index (χ0v) is 59.4. The van der Waals surface area contributed by atoms with E-state index in [0.29, 0.717) is 37.5 Å². The predicted molar refractivity (Wildman–Crippen MR) is 398 cm³/mol. The van der Waals surface area contributed by atoms with E-state index in [2.05, 4.69) is 165 Å². The number of hydrogen-bond acceptors (Lipinski definition) is 21. The molecule has 6 aliphatic heterocycles. The van der Waals surface area contributed by atoms with Crippen LogP contribution in [0.2, 0.25) is 0 Å². The van der Waals surface area contributed by atoms with E-state index in [4.69, 9.17) is 11.5 Å². The maximum atomic E-state index is 5.65. The van der Waals surface area contributed by atoms with Gasteiger partial charge in [0.1, 0.15) is 30.8 Å². The van der Waals surface area contributed by atoms with Crippen LogP contribution in [0.1, 0.15) is 75.7 Å². The minimum Gasteiger partial charge on any atom is -0.370 e. The lowest BCUT2D eigenvalue weighted by Crippen LogP contribution is -2.61. The van der Waals surface area contributed by atoms with Crippen LogP contribution in [0.4, 0.5) is 0 Å². The minimum atomic E-state index is -0.123. The van der Waals surface area contributed by atoms with Gasteiger partial charge in [-0.1, -0.05) is 0 Å². The van der Waals surface area contributed by atoms with E-state index in [1.165, 1.54) is 0 Å². The Morgan fingerprint density at radius 3 is 1.06 bits per heavy atom. The van der Waals surface area contributed by atoms with Gasteiger partial charge in [-0.3, -0.25) is 41.9 Å². The molecule has 0 spiro atoms. The van der Waals surface area contributed by atoms with Gasteiger partial charge in [0, 0.05) is 135 Å². The normalized spacial score (nSPS) is 21.6. The van der Waals surface area contributed by atoms with Crippen LogP contribution in [0.25, 0.3) is 0 Å². The molecule has 36 nitrogen and oxygen atoms in total. The van der Waals surface area contributed by atoms with Crippen molar-refractivity contribution in [3.05, 3.63) is 144 Å². The van der Waals surface area contributed by atoms with Crippen molar-refractivity contribution >= 4 is 71.5 Å². The van der Waals surface area contributed by atoms with Crippen LogP contribution >= 0.6 is 0 Å². The van der Waals surface area contributed by atoms with Gasteiger partial charge < -0.3 is 92.5 Å². The number of hydrogen-bond donors (Lipinski definition) is 19. The number of nitrogens with zero attached hydrogens (tertiary/aromatic N) is 17. The highest BCUT2D eigenvalue weighted by molar-refractivity contribution is 6.03. The number of aromatic amines is 6. The van der Waals surface area contributed by atoms with E-state index < -0.39 is 0 Å². The lowest BCUT2D eigenvalue weighted by molar-refractivity contribution is 0.464. The minimum absolute atomic E-state index is 0.0337. The van der Waals surface area contributed by atoms with E-state index in [-0.39, 0.29) is 37.0 Å². The molecule has 6 aliphatic rings. The van der Waals surface area contributed by atoms with Gasteiger partial charge in [0.2, 0.25) is 29.8 Å². The number of nitrogens with two attached hydrogens (primary N) is 2. The van der Waals surface area contributed by atoms with Crippen molar-refractivity contribution in [1.29, 1.82) is 0 Å². The molecule has 0 saturated carbocycles. The summed E-state index contributed by atoms with van der Waals surface area (Å²) in [5.74, 6) is 8.51. The summed E-state index contributed by atoms with van der Waals surface area (Å²) in [6, 6.07) is 24.0. The van der Waals surface area contributed by atoms with Crippen molar-refractivity contribution in [2.24, 2.45) is 71.4 Å². The molecule has 0 radical (unpaired) electrons. The Kier molecular flexibility index (Phi) is 28.6. The number of rotatable bonds is 12. The molecule has 6 aromatic rings. The highest BCUT2D eigenvalue weighted by atomic mass is 15.4. The van der Waals surface area contributed by atoms with Crippen molar-refractivity contribution in [3.63, 3.8) is 0 Å². The third-order valence-corrected chi connectivity index (χ3v) is 14.2. The van der Waals surface area contributed by atoms with E-state index in [1.807, 2.05) is 208 Å². The molecule has 6 atom stereocenters. The molecule has 36 heteroatoms. The smallest absolute Gasteiger partial charge is 0.203 e. The van der Waals surface area contributed by atoms with Crippen LogP contribution in [-0.4, -0.2) is 226 Å². The number of aliphatic imine (C=N–C) groups is 12. The summed E-state index contributed by atoms with van der Waals surface area (Å²) in [6.45, 7) is 15.9. The van der Waals surface area contributed by atoms with Gasteiger partial charge in [-0.05, 0) is 114 Å². The van der Waals surface area contributed by atoms with Crippen LogP contribution in [0, 0.1) is 0 Å². The molecule has 99 heavy (non-hydrogen) atoms. The topological polar surface area (TPSA) is 444 Å². The first-order valence-electron chi connectivity index (χ1n) is 32.4. The highest BCUT2D eigenvalue weighted by Gasteiger charge is 2.22. The first-order valence-corrected chi connectivity index (χ1v) is 32.4. The number of H-pyrrole nitrogens is 6. The summed E-state index contributed by atoms with van der Waals surface area (Å²) in [6.07, 6.45) is 11.4. The third kappa shape index (κ3) is 26.0. The molecule has 6 aromatic heterocycles. The van der Waals surface area contributed by atoms with Gasteiger partial charge in [-0.15, -0.1) is 0 Å². The summed E-state index contributed by atoms with van der Waals surface area (Å²) < 4.78 is 0. The summed E-state index contributed by atoms with van der Waals surface area (Å²) in [4.78, 5) is 80.5. The van der Waals surface area contributed by atoms with Gasteiger partial charge in [0.05, 0.1) is 45.4 Å². The average molecular weight is 1360 g/mol. The van der Waals surface area contributed by atoms with Crippen LogP contribution in [0.3, 0.4) is 0 Å². The zero-order valence-electron chi connectivity index (χ0n) is 59.4. The standard InChI is InChI=1S/C12H20N6.2C11H18N6.2C10H16N6.C9H14N6/c1-9-14-11(17(2)3)16-12(15-9)18(4)8-10-6-5-7-13-10;1-8-14-10(16-11(15-8)17(2)3)13-7-9-5-4-6-12-9;1-8-14-10(12-2)16-11(15-8)17(3)7-9-5-4-6-13-9;1-7-13-9(11)15-10(14-7)16(2)6-8-4-3-5-12-8;1-7-14-9(11-2)16-10(15-7)13-6-8-4-3-5-12-8;1-6-13-8(10)15-9(14-6)12-5-7-3-2-4-11-7/h5-7,9,13H,8H2,1-4H3,(H,14,15,16);4-6,8,12H,7H2,1-3H3,(H2,13,14,15,16);4-6,8,13H,7H2,1-3H3,(H2,12,14,15,16);3-5,7,12H,6H2,1-2H3,(H3,11,13,14,15);3-5,7,12H,6H2,1-2H3,(H3,11,13,14,15,16);2-4,6,11H,5H2,1H3,(H4,10,12,13,14,15). The number of aromatic nitrogens is 6. The summed E-state index contributed by atoms with van der Waals surface area (Å²) in [7, 11) is 17.3. The van der Waals surface area contributed by atoms with E-state index in [9.17, 15) is 0 Å². The Hall–Kier alpha value is -11.9. The predicted octanol–water partition coefficient (Wildman–Crippen LogP) is 1.10. The fourth-order valence-electron chi connectivity index (χ4n) is 9.38. The molecule has 6 unspecified atom stereocenters. The molecule has 534 valence electrons. The van der Waals surface area contributed by atoms with Gasteiger partial charge >= 0.3 is 0 Å². The largest absolute Gasteiger partial charge is 0.370 e. The maximum Gasteiger partial charge on any atom is 0.203 e. The zero-order chi connectivity index (χ0) is 71.2. The second-order valence-electron chi connectivity index (χ2n) is 23.4. The molecule has 0 amide bonds. The Labute approximate surface area is 578 Å². The molecule has 1 saturated heterocycles. The van der Waals surface area contributed by atoms with Crippen molar-refractivity contribution in [2.45, 2.75) is 118 Å². The fraction of sp³-hybridized carbons (Fsp3) is 0.429. The van der Waals surface area contributed by atoms with Crippen molar-refractivity contribution in [3.8, 4) is 0 Å². The van der Waals surface area contributed by atoms with Gasteiger partial charge in [0.15, 0.2) is 41.7 Å². The number of guanidine groups is 12. The van der Waals surface area contributed by atoms with Gasteiger partial charge in [0.25, 0.3) is 0 Å². The average Bonchev–Trinajstić information content (AvgIpc) is 1.51. The molecule has 21 N–H and O–H groups in total. The quantitative estimate of drug-likeness (QED) is 0.0815. The van der Waals surface area contributed by atoms with E-state index >= 15 is 0 Å². The molecule has 0 aromatic carbocycles. The molecule has 0 aliphatic carbocycles. The maximum absolute atomic E-state index is 5.65. The lowest BCUT2D eigenvalue weighted by atomic mass is 10.4. The second kappa shape index (κ2) is 38.0. The fourth-order valence-corrected chi connectivity index (χ4v) is 9.38. The summed E-state index contributed by atoms with van der Waals surface area (Å²) in [5, 5.41) is 34.1.